The Bertz CT molecular complexity index is 254. The highest BCUT2D eigenvalue weighted by atomic mass is 35.5. The third kappa shape index (κ3) is 1.79. The van der Waals surface area contributed by atoms with Crippen LogP contribution in [0.15, 0.2) is 17.2 Å². The first-order chi connectivity index (χ1) is 5.29. The standard InChI is InChI=1S/C7H8ClNOS/c1-10-7-6(11-2)5(8)3-4-9-7/h3-4H,1-2H3. The summed E-state index contributed by atoms with van der Waals surface area (Å²) < 4.78 is 5.00. The molecule has 0 bridgehead atoms. The number of rotatable bonds is 2. The monoisotopic (exact) mass is 189 g/mol. The number of aromatic nitrogens is 1. The predicted molar refractivity (Wildman–Crippen MR) is 47.6 cm³/mol. The van der Waals surface area contributed by atoms with E-state index in [0.717, 1.165) is 4.90 Å². The van der Waals surface area contributed by atoms with Crippen LogP contribution in [0.4, 0.5) is 0 Å². The van der Waals surface area contributed by atoms with Crippen LogP contribution in [-0.2, 0) is 0 Å². The van der Waals surface area contributed by atoms with Crippen molar-refractivity contribution in [1.29, 1.82) is 0 Å². The molecule has 1 aromatic heterocycles. The lowest BCUT2D eigenvalue weighted by molar-refractivity contribution is 0.387. The lowest BCUT2D eigenvalue weighted by Gasteiger charge is -2.04. The summed E-state index contributed by atoms with van der Waals surface area (Å²) in [4.78, 5) is 4.89. The average Bonchev–Trinajstić information content (AvgIpc) is 2.04. The number of hydrogen-bond donors (Lipinski definition) is 0. The third-order valence-corrected chi connectivity index (χ3v) is 2.45. The summed E-state index contributed by atoms with van der Waals surface area (Å²) in [6.07, 6.45) is 3.56. The van der Waals surface area contributed by atoms with Gasteiger partial charge in [-0.1, -0.05) is 11.6 Å². The zero-order valence-corrected chi connectivity index (χ0v) is 7.87. The van der Waals surface area contributed by atoms with Crippen molar-refractivity contribution in [2.75, 3.05) is 13.4 Å². The molecule has 0 aliphatic carbocycles. The summed E-state index contributed by atoms with van der Waals surface area (Å²) in [6.45, 7) is 0. The molecule has 1 rings (SSSR count). The Labute approximate surface area is 74.9 Å². The van der Waals surface area contributed by atoms with Gasteiger partial charge in [-0.15, -0.1) is 11.8 Å². The quantitative estimate of drug-likeness (QED) is 0.668. The SMILES string of the molecule is COc1nccc(Cl)c1SC. The molecule has 0 aromatic carbocycles. The molecule has 1 aromatic rings. The minimum Gasteiger partial charge on any atom is -0.480 e. The second-order valence-corrected chi connectivity index (χ2v) is 3.06. The van der Waals surface area contributed by atoms with Crippen LogP contribution in [-0.4, -0.2) is 18.3 Å². The first-order valence-electron chi connectivity index (χ1n) is 3.02. The van der Waals surface area contributed by atoms with Gasteiger partial charge in [0.1, 0.15) is 0 Å². The van der Waals surface area contributed by atoms with Crippen molar-refractivity contribution in [3.05, 3.63) is 17.3 Å². The summed E-state index contributed by atoms with van der Waals surface area (Å²) >= 11 is 7.39. The molecule has 0 aliphatic rings. The van der Waals surface area contributed by atoms with Crippen LogP contribution in [0, 0.1) is 0 Å². The predicted octanol–water partition coefficient (Wildman–Crippen LogP) is 2.47. The second kappa shape index (κ2) is 3.83. The molecule has 11 heavy (non-hydrogen) atoms. The Morgan fingerprint density at radius 3 is 2.82 bits per heavy atom. The van der Waals surface area contributed by atoms with E-state index >= 15 is 0 Å². The smallest absolute Gasteiger partial charge is 0.228 e. The molecule has 0 amide bonds. The van der Waals surface area contributed by atoms with E-state index in [1.54, 1.807) is 19.4 Å². The highest BCUT2D eigenvalue weighted by Crippen LogP contribution is 2.31. The van der Waals surface area contributed by atoms with E-state index < -0.39 is 0 Å². The van der Waals surface area contributed by atoms with Crippen LogP contribution < -0.4 is 4.74 Å². The highest BCUT2D eigenvalue weighted by Gasteiger charge is 2.05. The van der Waals surface area contributed by atoms with Crippen molar-refractivity contribution in [3.8, 4) is 5.88 Å². The van der Waals surface area contributed by atoms with Crippen molar-refractivity contribution in [1.82, 2.24) is 4.98 Å². The van der Waals surface area contributed by atoms with E-state index in [2.05, 4.69) is 4.98 Å². The molecule has 2 nitrogen and oxygen atoms in total. The molecule has 0 fully saturated rings. The van der Waals surface area contributed by atoms with E-state index in [9.17, 15) is 0 Å². The van der Waals surface area contributed by atoms with Crippen LogP contribution in [0.1, 0.15) is 0 Å². The fraction of sp³-hybridized carbons (Fsp3) is 0.286. The van der Waals surface area contributed by atoms with Crippen LogP contribution in [0.5, 0.6) is 5.88 Å². The van der Waals surface area contributed by atoms with E-state index in [0.29, 0.717) is 10.9 Å². The summed E-state index contributed by atoms with van der Waals surface area (Å²) in [5.74, 6) is 0.588. The van der Waals surface area contributed by atoms with Gasteiger partial charge in [0.15, 0.2) is 0 Å². The lowest BCUT2D eigenvalue weighted by Crippen LogP contribution is -1.89. The molecule has 0 saturated carbocycles. The molecule has 0 atom stereocenters. The first-order valence-corrected chi connectivity index (χ1v) is 4.62. The highest BCUT2D eigenvalue weighted by molar-refractivity contribution is 7.98. The number of nitrogens with zero attached hydrogens (tertiary/aromatic N) is 1. The first kappa shape index (κ1) is 8.68. The molecule has 4 heteroatoms. The van der Waals surface area contributed by atoms with Crippen LogP contribution >= 0.6 is 23.4 Å². The molecule has 0 N–H and O–H groups in total. The molecule has 0 aliphatic heterocycles. The summed E-state index contributed by atoms with van der Waals surface area (Å²) in [5.41, 5.74) is 0. The number of ether oxygens (including phenoxy) is 1. The van der Waals surface area contributed by atoms with Gasteiger partial charge in [0.05, 0.1) is 17.0 Å². The average molecular weight is 190 g/mol. The molecular formula is C7H8ClNOS. The van der Waals surface area contributed by atoms with Gasteiger partial charge in [-0.05, 0) is 12.3 Å². The molecule has 0 radical (unpaired) electrons. The topological polar surface area (TPSA) is 22.1 Å². The van der Waals surface area contributed by atoms with Crippen LogP contribution in [0.2, 0.25) is 5.02 Å². The van der Waals surface area contributed by atoms with Crippen LogP contribution in [0.3, 0.4) is 0 Å². The molecule has 0 spiro atoms. The number of hydrogen-bond acceptors (Lipinski definition) is 3. The maximum Gasteiger partial charge on any atom is 0.228 e. The summed E-state index contributed by atoms with van der Waals surface area (Å²) in [5, 5.41) is 0.685. The minimum absolute atomic E-state index is 0.588. The van der Waals surface area contributed by atoms with Gasteiger partial charge >= 0.3 is 0 Å². The summed E-state index contributed by atoms with van der Waals surface area (Å²) in [6, 6.07) is 1.75. The van der Waals surface area contributed by atoms with E-state index in [-0.39, 0.29) is 0 Å². The van der Waals surface area contributed by atoms with E-state index in [4.69, 9.17) is 16.3 Å². The minimum atomic E-state index is 0.588. The Balaban J connectivity index is 3.13. The molecular weight excluding hydrogens is 182 g/mol. The number of halogens is 1. The fourth-order valence-electron chi connectivity index (χ4n) is 0.737. The van der Waals surface area contributed by atoms with Gasteiger partial charge in [-0.2, -0.15) is 0 Å². The van der Waals surface area contributed by atoms with Crippen molar-refractivity contribution >= 4 is 23.4 Å². The summed E-state index contributed by atoms with van der Waals surface area (Å²) in [7, 11) is 1.58. The number of methoxy groups -OCH3 is 1. The van der Waals surface area contributed by atoms with Crippen molar-refractivity contribution in [2.45, 2.75) is 4.90 Å². The Morgan fingerprint density at radius 1 is 1.64 bits per heavy atom. The zero-order valence-electron chi connectivity index (χ0n) is 6.30. The molecule has 0 unspecified atom stereocenters. The molecule has 60 valence electrons. The molecule has 0 saturated heterocycles. The second-order valence-electron chi connectivity index (χ2n) is 1.84. The van der Waals surface area contributed by atoms with Gasteiger partial charge < -0.3 is 4.74 Å². The normalized spacial score (nSPS) is 9.73. The lowest BCUT2D eigenvalue weighted by atomic mass is 10.5. The van der Waals surface area contributed by atoms with Crippen LogP contribution in [0.25, 0.3) is 0 Å². The fourth-order valence-corrected chi connectivity index (χ4v) is 1.68. The van der Waals surface area contributed by atoms with Crippen molar-refractivity contribution < 1.29 is 4.74 Å². The number of thioether (sulfide) groups is 1. The van der Waals surface area contributed by atoms with Crippen molar-refractivity contribution in [2.24, 2.45) is 0 Å². The molecule has 1 heterocycles. The largest absolute Gasteiger partial charge is 0.480 e. The third-order valence-electron chi connectivity index (χ3n) is 1.22. The van der Waals surface area contributed by atoms with Gasteiger partial charge in [0.25, 0.3) is 0 Å². The van der Waals surface area contributed by atoms with Gasteiger partial charge in [-0.3, -0.25) is 0 Å². The Morgan fingerprint density at radius 2 is 2.36 bits per heavy atom. The maximum absolute atomic E-state index is 5.87. The van der Waals surface area contributed by atoms with E-state index in [1.807, 2.05) is 6.26 Å². The van der Waals surface area contributed by atoms with E-state index in [1.165, 1.54) is 11.8 Å². The van der Waals surface area contributed by atoms with Crippen molar-refractivity contribution in [3.63, 3.8) is 0 Å². The van der Waals surface area contributed by atoms with Gasteiger partial charge in [0.2, 0.25) is 5.88 Å². The van der Waals surface area contributed by atoms with Gasteiger partial charge in [-0.25, -0.2) is 4.98 Å². The Kier molecular flexibility index (Phi) is 3.02. The maximum atomic E-state index is 5.87. The Hall–Kier alpha value is -0.410. The zero-order chi connectivity index (χ0) is 8.27. The number of pyridine rings is 1. The van der Waals surface area contributed by atoms with Gasteiger partial charge in [0, 0.05) is 6.20 Å².